The minimum absolute atomic E-state index is 0.0449. The van der Waals surface area contributed by atoms with E-state index in [-0.39, 0.29) is 6.10 Å². The molecule has 0 bridgehead atoms. The minimum atomic E-state index is -0.0449. The average Bonchev–Trinajstić information content (AvgIpc) is 2.26. The van der Waals surface area contributed by atoms with Gasteiger partial charge in [-0.05, 0) is 65.3 Å². The Morgan fingerprint density at radius 3 is 2.82 bits per heavy atom. The lowest BCUT2D eigenvalue weighted by atomic mass is 9.87. The fraction of sp³-hybridized carbons (Fsp3) is 0.867. The molecule has 0 unspecified atom stereocenters. The predicted molar refractivity (Wildman–Crippen MR) is 74.1 cm³/mol. The first-order valence-corrected chi connectivity index (χ1v) is 7.12. The molecule has 2 N–H and O–H groups in total. The van der Waals surface area contributed by atoms with E-state index < -0.39 is 0 Å². The molecular formula is C15H29NO. The Kier molecular flexibility index (Phi) is 6.83. The first kappa shape index (κ1) is 14.7. The molecule has 0 aromatic heterocycles. The fourth-order valence-corrected chi connectivity index (χ4v) is 2.54. The van der Waals surface area contributed by atoms with Crippen molar-refractivity contribution in [3.63, 3.8) is 0 Å². The minimum Gasteiger partial charge on any atom is -0.393 e. The van der Waals surface area contributed by atoms with Gasteiger partial charge in [0.05, 0.1) is 6.10 Å². The van der Waals surface area contributed by atoms with E-state index in [2.05, 4.69) is 32.2 Å². The van der Waals surface area contributed by atoms with E-state index in [1.54, 1.807) is 0 Å². The predicted octanol–water partition coefficient (Wildman–Crippen LogP) is 3.26. The van der Waals surface area contributed by atoms with Crippen molar-refractivity contribution in [3.05, 3.63) is 11.6 Å². The highest BCUT2D eigenvalue weighted by Crippen LogP contribution is 2.23. The van der Waals surface area contributed by atoms with Crippen LogP contribution < -0.4 is 5.32 Å². The Morgan fingerprint density at radius 1 is 1.41 bits per heavy atom. The van der Waals surface area contributed by atoms with Crippen LogP contribution in [0.5, 0.6) is 0 Å². The molecule has 2 heteroatoms. The zero-order valence-corrected chi connectivity index (χ0v) is 11.7. The van der Waals surface area contributed by atoms with Crippen LogP contribution in [0, 0.1) is 5.92 Å². The van der Waals surface area contributed by atoms with Gasteiger partial charge in [-0.15, -0.1) is 0 Å². The normalized spacial score (nSPS) is 26.6. The SMILES string of the molecule is CC(C)=CCC[C@H](C)NC[C@H]1CCC[C@H](O)C1. The van der Waals surface area contributed by atoms with E-state index in [0.29, 0.717) is 12.0 Å². The molecule has 100 valence electrons. The van der Waals surface area contributed by atoms with Gasteiger partial charge in [-0.3, -0.25) is 0 Å². The molecule has 1 fully saturated rings. The maximum Gasteiger partial charge on any atom is 0.0543 e. The molecule has 2 nitrogen and oxygen atoms in total. The third-order valence-corrected chi connectivity index (χ3v) is 3.66. The van der Waals surface area contributed by atoms with Crippen LogP contribution in [0.4, 0.5) is 0 Å². The van der Waals surface area contributed by atoms with E-state index in [4.69, 9.17) is 0 Å². The lowest BCUT2D eigenvalue weighted by Gasteiger charge is -2.27. The molecular weight excluding hydrogens is 210 g/mol. The van der Waals surface area contributed by atoms with Gasteiger partial charge in [-0.2, -0.15) is 0 Å². The summed E-state index contributed by atoms with van der Waals surface area (Å²) in [5.74, 6) is 0.685. The van der Waals surface area contributed by atoms with Gasteiger partial charge in [0.2, 0.25) is 0 Å². The Bertz CT molecular complexity index is 233. The molecule has 1 aliphatic rings. The van der Waals surface area contributed by atoms with Crippen LogP contribution in [0.2, 0.25) is 0 Å². The van der Waals surface area contributed by atoms with Gasteiger partial charge in [0.15, 0.2) is 0 Å². The van der Waals surface area contributed by atoms with Gasteiger partial charge in [0, 0.05) is 6.04 Å². The summed E-state index contributed by atoms with van der Waals surface area (Å²) in [6.07, 6.45) is 9.12. The Balaban J connectivity index is 2.10. The lowest BCUT2D eigenvalue weighted by molar-refractivity contribution is 0.0997. The molecule has 0 aliphatic heterocycles. The second-order valence-corrected chi connectivity index (χ2v) is 5.85. The Labute approximate surface area is 106 Å². The molecule has 0 saturated heterocycles. The smallest absolute Gasteiger partial charge is 0.0543 e. The first-order chi connectivity index (χ1) is 8.08. The zero-order valence-electron chi connectivity index (χ0n) is 11.7. The molecule has 0 radical (unpaired) electrons. The standard InChI is InChI=1S/C15H29NO/c1-12(2)6-4-7-13(3)16-11-14-8-5-9-15(17)10-14/h6,13-17H,4-5,7-11H2,1-3H3/t13-,14-,15-/m0/s1. The van der Waals surface area contributed by atoms with Crippen molar-refractivity contribution in [2.75, 3.05) is 6.54 Å². The van der Waals surface area contributed by atoms with Gasteiger partial charge in [0.25, 0.3) is 0 Å². The molecule has 0 aromatic carbocycles. The number of allylic oxidation sites excluding steroid dienone is 2. The van der Waals surface area contributed by atoms with E-state index in [1.165, 1.54) is 31.3 Å². The second kappa shape index (κ2) is 7.88. The van der Waals surface area contributed by atoms with Gasteiger partial charge >= 0.3 is 0 Å². The van der Waals surface area contributed by atoms with Crippen LogP contribution in [0.25, 0.3) is 0 Å². The van der Waals surface area contributed by atoms with Crippen molar-refractivity contribution in [3.8, 4) is 0 Å². The largest absolute Gasteiger partial charge is 0.393 e. The second-order valence-electron chi connectivity index (χ2n) is 5.85. The van der Waals surface area contributed by atoms with Crippen molar-refractivity contribution in [2.45, 2.75) is 71.4 Å². The summed E-state index contributed by atoms with van der Waals surface area (Å²) in [5, 5.41) is 13.2. The number of aliphatic hydroxyl groups excluding tert-OH is 1. The van der Waals surface area contributed by atoms with Crippen molar-refractivity contribution in [1.29, 1.82) is 0 Å². The lowest BCUT2D eigenvalue weighted by Crippen LogP contribution is -2.34. The Hall–Kier alpha value is -0.340. The van der Waals surface area contributed by atoms with Crippen molar-refractivity contribution >= 4 is 0 Å². The van der Waals surface area contributed by atoms with Crippen LogP contribution in [-0.2, 0) is 0 Å². The highest BCUT2D eigenvalue weighted by atomic mass is 16.3. The summed E-state index contributed by atoms with van der Waals surface area (Å²) in [6, 6.07) is 0.588. The average molecular weight is 239 g/mol. The van der Waals surface area contributed by atoms with E-state index in [0.717, 1.165) is 19.4 Å². The maximum absolute atomic E-state index is 9.61. The van der Waals surface area contributed by atoms with Gasteiger partial charge in [-0.1, -0.05) is 18.1 Å². The first-order valence-electron chi connectivity index (χ1n) is 7.12. The molecule has 0 amide bonds. The highest BCUT2D eigenvalue weighted by Gasteiger charge is 2.20. The number of hydrogen-bond acceptors (Lipinski definition) is 2. The summed E-state index contributed by atoms with van der Waals surface area (Å²) < 4.78 is 0. The quantitative estimate of drug-likeness (QED) is 0.697. The van der Waals surface area contributed by atoms with Crippen LogP contribution in [0.1, 0.15) is 59.3 Å². The van der Waals surface area contributed by atoms with Gasteiger partial charge < -0.3 is 10.4 Å². The van der Waals surface area contributed by atoms with E-state index in [9.17, 15) is 5.11 Å². The highest BCUT2D eigenvalue weighted by molar-refractivity contribution is 4.93. The number of aliphatic hydroxyl groups is 1. The molecule has 0 spiro atoms. The number of hydrogen-bond donors (Lipinski definition) is 2. The van der Waals surface area contributed by atoms with Crippen molar-refractivity contribution in [1.82, 2.24) is 5.32 Å². The summed E-state index contributed by atoms with van der Waals surface area (Å²) in [5.41, 5.74) is 1.41. The third-order valence-electron chi connectivity index (χ3n) is 3.66. The monoisotopic (exact) mass is 239 g/mol. The van der Waals surface area contributed by atoms with Crippen molar-refractivity contribution in [2.24, 2.45) is 5.92 Å². The summed E-state index contributed by atoms with van der Waals surface area (Å²) in [4.78, 5) is 0. The van der Waals surface area contributed by atoms with Gasteiger partial charge in [-0.25, -0.2) is 0 Å². The summed E-state index contributed by atoms with van der Waals surface area (Å²) in [7, 11) is 0. The number of rotatable bonds is 6. The molecule has 1 rings (SSSR count). The fourth-order valence-electron chi connectivity index (χ4n) is 2.54. The molecule has 0 aromatic rings. The van der Waals surface area contributed by atoms with Crippen molar-refractivity contribution < 1.29 is 5.11 Å². The Morgan fingerprint density at radius 2 is 2.18 bits per heavy atom. The summed E-state index contributed by atoms with van der Waals surface area (Å²) >= 11 is 0. The topological polar surface area (TPSA) is 32.3 Å². The summed E-state index contributed by atoms with van der Waals surface area (Å²) in [6.45, 7) is 7.65. The molecule has 3 atom stereocenters. The van der Waals surface area contributed by atoms with E-state index >= 15 is 0 Å². The van der Waals surface area contributed by atoms with Crippen LogP contribution >= 0.6 is 0 Å². The maximum atomic E-state index is 9.61. The molecule has 17 heavy (non-hydrogen) atoms. The molecule has 1 saturated carbocycles. The van der Waals surface area contributed by atoms with Crippen LogP contribution in [0.15, 0.2) is 11.6 Å². The van der Waals surface area contributed by atoms with E-state index in [1.807, 2.05) is 0 Å². The molecule has 1 aliphatic carbocycles. The third kappa shape index (κ3) is 6.85. The van der Waals surface area contributed by atoms with Gasteiger partial charge in [0.1, 0.15) is 0 Å². The zero-order chi connectivity index (χ0) is 12.7. The number of nitrogens with one attached hydrogen (secondary N) is 1. The molecule has 0 heterocycles. The van der Waals surface area contributed by atoms with Crippen LogP contribution in [0.3, 0.4) is 0 Å². The van der Waals surface area contributed by atoms with Crippen LogP contribution in [-0.4, -0.2) is 23.8 Å².